The molecule has 124 valence electrons. The predicted molar refractivity (Wildman–Crippen MR) is 90.8 cm³/mol. The number of carbonyl (C=O) groups is 2. The predicted octanol–water partition coefficient (Wildman–Crippen LogP) is 1.47. The first-order valence-corrected chi connectivity index (χ1v) is 8.36. The summed E-state index contributed by atoms with van der Waals surface area (Å²) in [6, 6.07) is -0.309. The number of carbonyl (C=O) groups excluding carboxylic acids is 2. The van der Waals surface area contributed by atoms with Gasteiger partial charge in [-0.15, -0.1) is 24.2 Å². The number of nitrogens with zero attached hydrogens (tertiary/aromatic N) is 1. The van der Waals surface area contributed by atoms with Crippen molar-refractivity contribution in [1.82, 2.24) is 15.5 Å². The topological polar surface area (TPSA) is 61.4 Å². The summed E-state index contributed by atoms with van der Waals surface area (Å²) in [5, 5.41) is 6.06. The number of thioether (sulfide) groups is 1. The van der Waals surface area contributed by atoms with Gasteiger partial charge in [0.15, 0.2) is 0 Å². The van der Waals surface area contributed by atoms with Gasteiger partial charge in [0.05, 0.1) is 5.88 Å². The van der Waals surface area contributed by atoms with Gasteiger partial charge in [0.2, 0.25) is 11.8 Å². The third-order valence-corrected chi connectivity index (χ3v) is 4.05. The van der Waals surface area contributed by atoms with E-state index < -0.39 is 0 Å². The zero-order valence-electron chi connectivity index (χ0n) is 13.4. The van der Waals surface area contributed by atoms with Crippen LogP contribution in [0, 0.1) is 5.41 Å². The van der Waals surface area contributed by atoms with E-state index in [4.69, 9.17) is 0 Å². The molecule has 1 atom stereocenters. The Bertz CT molecular complexity index is 348. The summed E-state index contributed by atoms with van der Waals surface area (Å²) < 4.78 is 0. The highest BCUT2D eigenvalue weighted by molar-refractivity contribution is 7.99. The molecular weight excluding hydrogens is 310 g/mol. The minimum atomic E-state index is -0.309. The van der Waals surface area contributed by atoms with E-state index in [1.54, 1.807) is 16.7 Å². The molecule has 0 spiro atoms. The molecule has 0 aromatic rings. The van der Waals surface area contributed by atoms with E-state index in [-0.39, 0.29) is 35.7 Å². The van der Waals surface area contributed by atoms with E-state index >= 15 is 0 Å². The van der Waals surface area contributed by atoms with Gasteiger partial charge in [-0.3, -0.25) is 9.59 Å². The second kappa shape index (κ2) is 9.54. The first-order valence-electron chi connectivity index (χ1n) is 7.21. The Morgan fingerprint density at radius 3 is 2.52 bits per heavy atom. The first-order chi connectivity index (χ1) is 9.35. The Balaban J connectivity index is 0.00000400. The monoisotopic (exact) mass is 337 g/mol. The van der Waals surface area contributed by atoms with E-state index in [1.165, 1.54) is 0 Å². The molecule has 5 nitrogen and oxygen atoms in total. The fraction of sp³-hybridized carbons (Fsp3) is 0.857. The zero-order chi connectivity index (χ0) is 15.2. The van der Waals surface area contributed by atoms with Gasteiger partial charge < -0.3 is 15.5 Å². The number of rotatable bonds is 6. The lowest BCUT2D eigenvalue weighted by atomic mass is 9.91. The Hall–Kier alpha value is -0.460. The van der Waals surface area contributed by atoms with Crippen LogP contribution >= 0.6 is 24.2 Å². The highest BCUT2D eigenvalue weighted by Gasteiger charge is 2.35. The summed E-state index contributed by atoms with van der Waals surface area (Å²) >= 11 is 1.65. The molecule has 1 fully saturated rings. The van der Waals surface area contributed by atoms with Gasteiger partial charge in [0.1, 0.15) is 6.04 Å². The van der Waals surface area contributed by atoms with Crippen molar-refractivity contribution in [2.45, 2.75) is 40.2 Å². The molecule has 0 aromatic heterocycles. The molecule has 2 N–H and O–H groups in total. The number of likely N-dealkylation sites (N-methyl/N-ethyl adjacent to an activating group) is 1. The molecule has 0 bridgehead atoms. The third-order valence-electron chi connectivity index (χ3n) is 3.04. The highest BCUT2D eigenvalue weighted by Crippen LogP contribution is 2.26. The Morgan fingerprint density at radius 1 is 1.29 bits per heavy atom. The van der Waals surface area contributed by atoms with Crippen LogP contribution in [0.2, 0.25) is 0 Å². The van der Waals surface area contributed by atoms with Crippen LogP contribution in [0.3, 0.4) is 0 Å². The lowest BCUT2D eigenvalue weighted by molar-refractivity contribution is -0.139. The van der Waals surface area contributed by atoms with Gasteiger partial charge in [-0.1, -0.05) is 27.7 Å². The number of hydrogen-bond donors (Lipinski definition) is 2. The third kappa shape index (κ3) is 7.38. The number of hydrogen-bond acceptors (Lipinski definition) is 4. The Labute approximate surface area is 138 Å². The van der Waals surface area contributed by atoms with Crippen molar-refractivity contribution in [3.8, 4) is 0 Å². The van der Waals surface area contributed by atoms with Crippen LogP contribution in [0.1, 0.15) is 34.1 Å². The van der Waals surface area contributed by atoms with E-state index in [0.717, 1.165) is 13.1 Å². The standard InChI is InChI=1S/C14H27N3O2S.ClH/c1-5-15-6-7-16-13(19)11-9-20-10-17(11)12(18)8-14(2,3)4;/h11,15H,5-10H2,1-4H3,(H,16,19);1H. The fourth-order valence-corrected chi connectivity index (χ4v) is 3.21. The molecule has 1 unspecified atom stereocenters. The van der Waals surface area contributed by atoms with Crippen LogP contribution in [0.25, 0.3) is 0 Å². The Morgan fingerprint density at radius 2 is 1.95 bits per heavy atom. The van der Waals surface area contributed by atoms with Crippen LogP contribution in [0.4, 0.5) is 0 Å². The number of nitrogens with one attached hydrogen (secondary N) is 2. The van der Waals surface area contributed by atoms with Gasteiger partial charge in [-0.05, 0) is 12.0 Å². The van der Waals surface area contributed by atoms with Gasteiger partial charge in [-0.2, -0.15) is 0 Å². The largest absolute Gasteiger partial charge is 0.353 e. The maximum atomic E-state index is 12.3. The maximum Gasteiger partial charge on any atom is 0.243 e. The molecule has 0 saturated carbocycles. The summed E-state index contributed by atoms with van der Waals surface area (Å²) in [5.41, 5.74) is -0.0452. The molecule has 0 aromatic carbocycles. The normalized spacial score (nSPS) is 18.3. The summed E-state index contributed by atoms with van der Waals surface area (Å²) in [6.07, 6.45) is 0.481. The van der Waals surface area contributed by atoms with Crippen LogP contribution in [0.5, 0.6) is 0 Å². The lowest BCUT2D eigenvalue weighted by Crippen LogP contribution is -2.48. The average molecular weight is 338 g/mol. The molecule has 21 heavy (non-hydrogen) atoms. The van der Waals surface area contributed by atoms with Crippen molar-refractivity contribution in [3.05, 3.63) is 0 Å². The molecule has 0 aliphatic carbocycles. The van der Waals surface area contributed by atoms with Crippen molar-refractivity contribution < 1.29 is 9.59 Å². The number of halogens is 1. The van der Waals surface area contributed by atoms with Crippen molar-refractivity contribution in [3.63, 3.8) is 0 Å². The average Bonchev–Trinajstić information content (AvgIpc) is 2.81. The molecule has 1 saturated heterocycles. The minimum Gasteiger partial charge on any atom is -0.353 e. The second-order valence-corrected chi connectivity index (χ2v) is 7.26. The molecule has 7 heteroatoms. The van der Waals surface area contributed by atoms with E-state index in [2.05, 4.69) is 10.6 Å². The molecule has 1 aliphatic heterocycles. The lowest BCUT2D eigenvalue weighted by Gasteiger charge is -2.26. The summed E-state index contributed by atoms with van der Waals surface area (Å²) in [6.45, 7) is 10.4. The molecule has 2 amide bonds. The van der Waals surface area contributed by atoms with Gasteiger partial charge in [-0.25, -0.2) is 0 Å². The highest BCUT2D eigenvalue weighted by atomic mass is 35.5. The molecule has 1 heterocycles. The summed E-state index contributed by atoms with van der Waals surface area (Å²) in [7, 11) is 0. The maximum absolute atomic E-state index is 12.3. The van der Waals surface area contributed by atoms with E-state index in [9.17, 15) is 9.59 Å². The fourth-order valence-electron chi connectivity index (χ4n) is 2.03. The van der Waals surface area contributed by atoms with E-state index in [1.807, 2.05) is 27.7 Å². The van der Waals surface area contributed by atoms with Crippen molar-refractivity contribution >= 4 is 36.0 Å². The van der Waals surface area contributed by atoms with Gasteiger partial charge in [0.25, 0.3) is 0 Å². The first kappa shape index (κ1) is 20.5. The van der Waals surface area contributed by atoms with E-state index in [0.29, 0.717) is 24.6 Å². The summed E-state index contributed by atoms with van der Waals surface area (Å²) in [4.78, 5) is 26.1. The van der Waals surface area contributed by atoms with Crippen LogP contribution in [-0.4, -0.2) is 54.0 Å². The van der Waals surface area contributed by atoms with Gasteiger partial charge >= 0.3 is 0 Å². The second-order valence-electron chi connectivity index (χ2n) is 6.26. The van der Waals surface area contributed by atoms with Gasteiger partial charge in [0, 0.05) is 25.3 Å². The smallest absolute Gasteiger partial charge is 0.243 e. The molecule has 1 rings (SSSR count). The van der Waals surface area contributed by atoms with Crippen LogP contribution < -0.4 is 10.6 Å². The number of amides is 2. The van der Waals surface area contributed by atoms with Crippen molar-refractivity contribution in [2.24, 2.45) is 5.41 Å². The van der Waals surface area contributed by atoms with Crippen LogP contribution in [0.15, 0.2) is 0 Å². The quantitative estimate of drug-likeness (QED) is 0.721. The zero-order valence-corrected chi connectivity index (χ0v) is 15.0. The molecule has 0 radical (unpaired) electrons. The van der Waals surface area contributed by atoms with Crippen molar-refractivity contribution in [1.29, 1.82) is 0 Å². The molecular formula is C14H28ClN3O2S. The Kier molecular flexibility index (Phi) is 9.33. The van der Waals surface area contributed by atoms with Crippen LogP contribution in [-0.2, 0) is 9.59 Å². The SMILES string of the molecule is CCNCCNC(=O)C1CSCN1C(=O)CC(C)(C)C.Cl. The minimum absolute atomic E-state index is 0. The molecule has 1 aliphatic rings. The summed E-state index contributed by atoms with van der Waals surface area (Å²) in [5.74, 6) is 1.37. The van der Waals surface area contributed by atoms with Crippen molar-refractivity contribution in [2.75, 3.05) is 31.3 Å².